The van der Waals surface area contributed by atoms with Crippen LogP contribution >= 0.6 is 11.6 Å². The topological polar surface area (TPSA) is 67.2 Å². The molecular formula is C28H29ClN4O2. The molecule has 0 unspecified atom stereocenters. The van der Waals surface area contributed by atoms with Crippen LogP contribution in [0.2, 0.25) is 5.02 Å². The van der Waals surface area contributed by atoms with E-state index in [0.29, 0.717) is 18.0 Å². The summed E-state index contributed by atoms with van der Waals surface area (Å²) in [6.07, 6.45) is 0.799. The second-order valence-corrected chi connectivity index (χ2v) is 9.14. The van der Waals surface area contributed by atoms with Crippen molar-refractivity contribution in [2.75, 3.05) is 11.4 Å². The number of amides is 2. The number of para-hydroxylation sites is 3. The number of imidazole rings is 1. The van der Waals surface area contributed by atoms with Crippen LogP contribution in [-0.4, -0.2) is 34.0 Å². The maximum absolute atomic E-state index is 13.5. The van der Waals surface area contributed by atoms with E-state index in [1.165, 1.54) is 0 Å². The van der Waals surface area contributed by atoms with E-state index in [1.807, 2.05) is 90.0 Å². The highest BCUT2D eigenvalue weighted by Crippen LogP contribution is 2.21. The molecule has 2 amide bonds. The molecular weight excluding hydrogens is 460 g/mol. The van der Waals surface area contributed by atoms with Crippen LogP contribution in [-0.2, 0) is 29.0 Å². The van der Waals surface area contributed by atoms with Gasteiger partial charge in [-0.05, 0) is 55.8 Å². The molecule has 7 heteroatoms. The first kappa shape index (κ1) is 24.5. The summed E-state index contributed by atoms with van der Waals surface area (Å²) in [5.74, 6) is 0.687. The molecule has 4 rings (SSSR count). The third-order valence-corrected chi connectivity index (χ3v) is 6.05. The van der Waals surface area contributed by atoms with Crippen molar-refractivity contribution < 1.29 is 9.59 Å². The van der Waals surface area contributed by atoms with Crippen molar-refractivity contribution in [3.63, 3.8) is 0 Å². The number of hydrogen-bond acceptors (Lipinski definition) is 3. The maximum Gasteiger partial charge on any atom is 0.247 e. The van der Waals surface area contributed by atoms with Crippen molar-refractivity contribution in [2.45, 2.75) is 39.3 Å². The Morgan fingerprint density at radius 3 is 2.37 bits per heavy atom. The molecule has 0 spiro atoms. The van der Waals surface area contributed by atoms with Gasteiger partial charge in [0.2, 0.25) is 11.8 Å². The fraction of sp³-hybridized carbons (Fsp3) is 0.250. The zero-order chi connectivity index (χ0) is 24.8. The minimum Gasteiger partial charge on any atom is -0.355 e. The van der Waals surface area contributed by atoms with Gasteiger partial charge < -0.3 is 14.8 Å². The number of benzene rings is 3. The summed E-state index contributed by atoms with van der Waals surface area (Å²) in [6, 6.07) is 24.7. The fourth-order valence-electron chi connectivity index (χ4n) is 4.19. The van der Waals surface area contributed by atoms with Gasteiger partial charge in [0.1, 0.15) is 12.4 Å². The lowest BCUT2D eigenvalue weighted by Gasteiger charge is -2.27. The van der Waals surface area contributed by atoms with Crippen molar-refractivity contribution in [3.8, 4) is 0 Å². The Bertz CT molecular complexity index is 1300. The van der Waals surface area contributed by atoms with Crippen LogP contribution in [0.25, 0.3) is 11.0 Å². The summed E-state index contributed by atoms with van der Waals surface area (Å²) < 4.78 is 1.96. The lowest BCUT2D eigenvalue weighted by atomic mass is 10.1. The summed E-state index contributed by atoms with van der Waals surface area (Å²) >= 11 is 5.92. The number of nitrogens with one attached hydrogen (secondary N) is 1. The Kier molecular flexibility index (Phi) is 7.83. The van der Waals surface area contributed by atoms with E-state index >= 15 is 0 Å². The highest BCUT2D eigenvalue weighted by molar-refractivity contribution is 6.30. The third-order valence-electron chi connectivity index (χ3n) is 5.80. The molecule has 0 saturated heterocycles. The fourth-order valence-corrected chi connectivity index (χ4v) is 4.31. The van der Waals surface area contributed by atoms with Gasteiger partial charge in [-0.15, -0.1) is 0 Å². The van der Waals surface area contributed by atoms with Crippen molar-refractivity contribution in [2.24, 2.45) is 0 Å². The molecule has 1 aromatic heterocycles. The van der Waals surface area contributed by atoms with Crippen molar-refractivity contribution in [1.29, 1.82) is 0 Å². The zero-order valence-electron chi connectivity index (χ0n) is 19.9. The second kappa shape index (κ2) is 11.2. The van der Waals surface area contributed by atoms with Crippen LogP contribution in [0, 0.1) is 0 Å². The molecule has 0 aliphatic rings. The van der Waals surface area contributed by atoms with E-state index in [2.05, 4.69) is 5.32 Å². The number of nitrogens with zero attached hydrogens (tertiary/aromatic N) is 3. The van der Waals surface area contributed by atoms with Crippen LogP contribution in [0.15, 0.2) is 78.9 Å². The van der Waals surface area contributed by atoms with Gasteiger partial charge >= 0.3 is 0 Å². The standard InChI is InChI=1S/C28H29ClN4O2/c1-20(2)33(23-8-4-3-5-9-23)28(35)19-32-25-11-7-6-10-24(25)31-26(32)16-17-30-27(34)18-21-12-14-22(29)15-13-21/h3-15,20H,16-19H2,1-2H3,(H,30,34). The zero-order valence-corrected chi connectivity index (χ0v) is 20.7. The SMILES string of the molecule is CC(C)N(C(=O)Cn1c(CCNC(=O)Cc2ccc(Cl)cc2)nc2ccccc21)c1ccccc1. The summed E-state index contributed by atoms with van der Waals surface area (Å²) in [5.41, 5.74) is 3.51. The number of anilines is 1. The Morgan fingerprint density at radius 2 is 1.66 bits per heavy atom. The Balaban J connectivity index is 1.48. The monoisotopic (exact) mass is 488 g/mol. The maximum atomic E-state index is 13.5. The number of fused-ring (bicyclic) bond motifs is 1. The highest BCUT2D eigenvalue weighted by Gasteiger charge is 2.22. The Labute approximate surface area is 210 Å². The normalized spacial score (nSPS) is 11.1. The second-order valence-electron chi connectivity index (χ2n) is 8.70. The minimum absolute atomic E-state index is 0.00953. The first-order valence-corrected chi connectivity index (χ1v) is 12.1. The lowest BCUT2D eigenvalue weighted by Crippen LogP contribution is -2.39. The molecule has 0 saturated carbocycles. The van der Waals surface area contributed by atoms with E-state index in [-0.39, 0.29) is 30.8 Å². The van der Waals surface area contributed by atoms with Gasteiger partial charge in [-0.2, -0.15) is 0 Å². The predicted octanol–water partition coefficient (Wildman–Crippen LogP) is 5.03. The largest absolute Gasteiger partial charge is 0.355 e. The third kappa shape index (κ3) is 6.08. The first-order chi connectivity index (χ1) is 16.9. The number of hydrogen-bond donors (Lipinski definition) is 1. The molecule has 0 fully saturated rings. The van der Waals surface area contributed by atoms with E-state index in [1.54, 1.807) is 12.1 Å². The number of rotatable bonds is 9. The lowest BCUT2D eigenvalue weighted by molar-refractivity contribution is -0.121. The van der Waals surface area contributed by atoms with Crippen LogP contribution in [0.4, 0.5) is 5.69 Å². The molecule has 3 aromatic carbocycles. The van der Waals surface area contributed by atoms with Gasteiger partial charge in [-0.1, -0.05) is 54.1 Å². The average molecular weight is 489 g/mol. The van der Waals surface area contributed by atoms with Crippen molar-refractivity contribution >= 4 is 40.1 Å². The molecule has 35 heavy (non-hydrogen) atoms. The van der Waals surface area contributed by atoms with Gasteiger partial charge in [-0.3, -0.25) is 9.59 Å². The molecule has 0 bridgehead atoms. The van der Waals surface area contributed by atoms with Gasteiger partial charge in [0.25, 0.3) is 0 Å². The summed E-state index contributed by atoms with van der Waals surface area (Å²) in [7, 11) is 0. The van der Waals surface area contributed by atoms with Gasteiger partial charge in [-0.25, -0.2) is 4.98 Å². The first-order valence-electron chi connectivity index (χ1n) is 11.7. The molecule has 0 radical (unpaired) electrons. The molecule has 4 aromatic rings. The molecule has 1 heterocycles. The summed E-state index contributed by atoms with van der Waals surface area (Å²) in [4.78, 5) is 32.4. The predicted molar refractivity (Wildman–Crippen MR) is 141 cm³/mol. The smallest absolute Gasteiger partial charge is 0.247 e. The number of carbonyl (C=O) groups is 2. The van der Waals surface area contributed by atoms with Gasteiger partial charge in [0.15, 0.2) is 0 Å². The van der Waals surface area contributed by atoms with Crippen molar-refractivity contribution in [1.82, 2.24) is 14.9 Å². The summed E-state index contributed by atoms with van der Waals surface area (Å²) in [5, 5.41) is 3.61. The van der Waals surface area contributed by atoms with Gasteiger partial charge in [0.05, 0.1) is 17.5 Å². The van der Waals surface area contributed by atoms with Crippen LogP contribution < -0.4 is 10.2 Å². The summed E-state index contributed by atoms with van der Waals surface area (Å²) in [6.45, 7) is 4.61. The van der Waals surface area contributed by atoms with E-state index in [4.69, 9.17) is 16.6 Å². The van der Waals surface area contributed by atoms with Crippen molar-refractivity contribution in [3.05, 3.63) is 95.3 Å². The number of halogens is 1. The molecule has 180 valence electrons. The van der Waals surface area contributed by atoms with Crippen LogP contribution in [0.5, 0.6) is 0 Å². The quantitative estimate of drug-likeness (QED) is 0.359. The number of aromatic nitrogens is 2. The molecule has 0 atom stereocenters. The minimum atomic E-state index is -0.0684. The van der Waals surface area contributed by atoms with Crippen LogP contribution in [0.1, 0.15) is 25.2 Å². The number of carbonyl (C=O) groups excluding carboxylic acids is 2. The molecule has 6 nitrogen and oxygen atoms in total. The van der Waals surface area contributed by atoms with Gasteiger partial charge in [0, 0.05) is 29.7 Å². The average Bonchev–Trinajstić information content (AvgIpc) is 3.18. The molecule has 1 N–H and O–H groups in total. The van der Waals surface area contributed by atoms with E-state index in [9.17, 15) is 9.59 Å². The Hall–Kier alpha value is -3.64. The van der Waals surface area contributed by atoms with Crippen LogP contribution in [0.3, 0.4) is 0 Å². The van der Waals surface area contributed by atoms with E-state index < -0.39 is 0 Å². The molecule has 0 aliphatic carbocycles. The Morgan fingerprint density at radius 1 is 0.971 bits per heavy atom. The van der Waals surface area contributed by atoms with E-state index in [0.717, 1.165) is 28.1 Å². The highest BCUT2D eigenvalue weighted by atomic mass is 35.5. The molecule has 0 aliphatic heterocycles.